The van der Waals surface area contributed by atoms with Gasteiger partial charge >= 0.3 is 0 Å². The van der Waals surface area contributed by atoms with Crippen LogP contribution >= 0.6 is 11.3 Å². The second-order valence-corrected chi connectivity index (χ2v) is 4.32. The normalized spacial score (nSPS) is 9.89. The third-order valence-electron chi connectivity index (χ3n) is 2.42. The molecule has 1 N–H and O–H groups in total. The number of carbonyl (C=O) groups is 1. The number of thiophene rings is 1. The first kappa shape index (κ1) is 12.4. The number of amides is 1. The summed E-state index contributed by atoms with van der Waals surface area (Å²) in [7, 11) is 3.13. The molecule has 0 saturated carbocycles. The van der Waals surface area contributed by atoms with Crippen molar-refractivity contribution in [2.45, 2.75) is 0 Å². The van der Waals surface area contributed by atoms with Crippen LogP contribution in [0, 0.1) is 0 Å². The molecule has 0 bridgehead atoms. The summed E-state index contributed by atoms with van der Waals surface area (Å²) in [6.07, 6.45) is 0. The van der Waals surface area contributed by atoms with Crippen LogP contribution in [-0.4, -0.2) is 20.1 Å². The zero-order valence-corrected chi connectivity index (χ0v) is 10.9. The van der Waals surface area contributed by atoms with E-state index in [1.165, 1.54) is 11.3 Å². The van der Waals surface area contributed by atoms with Crippen molar-refractivity contribution in [2.24, 2.45) is 0 Å². The molecule has 0 radical (unpaired) electrons. The quantitative estimate of drug-likeness (QED) is 0.922. The van der Waals surface area contributed by atoms with Crippen LogP contribution in [-0.2, 0) is 0 Å². The molecule has 0 atom stereocenters. The van der Waals surface area contributed by atoms with E-state index in [1.807, 2.05) is 5.38 Å². The highest BCUT2D eigenvalue weighted by Gasteiger charge is 2.09. The Morgan fingerprint density at radius 3 is 2.56 bits per heavy atom. The van der Waals surface area contributed by atoms with Crippen LogP contribution in [0.25, 0.3) is 0 Å². The van der Waals surface area contributed by atoms with Gasteiger partial charge in [0.25, 0.3) is 5.91 Å². The van der Waals surface area contributed by atoms with Crippen LogP contribution in [0.4, 0.5) is 5.69 Å². The number of anilines is 1. The Balaban J connectivity index is 2.17. The minimum atomic E-state index is -0.136. The zero-order chi connectivity index (χ0) is 13.0. The Morgan fingerprint density at radius 2 is 1.94 bits per heavy atom. The van der Waals surface area contributed by atoms with E-state index in [9.17, 15) is 4.79 Å². The van der Waals surface area contributed by atoms with Gasteiger partial charge in [0.1, 0.15) is 0 Å². The average molecular weight is 263 g/mol. The molecular formula is C13H13NO3S. The van der Waals surface area contributed by atoms with Crippen LogP contribution in [0.15, 0.2) is 35.0 Å². The number of nitrogens with one attached hydrogen (secondary N) is 1. The molecule has 18 heavy (non-hydrogen) atoms. The van der Waals surface area contributed by atoms with Gasteiger partial charge in [0, 0.05) is 17.1 Å². The number of hydrogen-bond donors (Lipinski definition) is 1. The lowest BCUT2D eigenvalue weighted by Gasteiger charge is -2.10. The fourth-order valence-corrected chi connectivity index (χ4v) is 2.15. The minimum Gasteiger partial charge on any atom is -0.493 e. The van der Waals surface area contributed by atoms with Crippen molar-refractivity contribution >= 4 is 22.9 Å². The van der Waals surface area contributed by atoms with E-state index < -0.39 is 0 Å². The summed E-state index contributed by atoms with van der Waals surface area (Å²) in [6, 6.07) is 7.03. The molecule has 2 rings (SSSR count). The first-order chi connectivity index (χ1) is 8.74. The highest BCUT2D eigenvalue weighted by molar-refractivity contribution is 7.08. The molecule has 1 amide bonds. The third-order valence-corrected chi connectivity index (χ3v) is 3.11. The van der Waals surface area contributed by atoms with Crippen LogP contribution in [0.3, 0.4) is 0 Å². The van der Waals surface area contributed by atoms with Crippen LogP contribution < -0.4 is 14.8 Å². The summed E-state index contributed by atoms with van der Waals surface area (Å²) < 4.78 is 10.3. The van der Waals surface area contributed by atoms with E-state index in [2.05, 4.69) is 5.32 Å². The lowest BCUT2D eigenvalue weighted by molar-refractivity contribution is 0.102. The second-order valence-electron chi connectivity index (χ2n) is 3.54. The molecule has 1 aromatic carbocycles. The Bertz CT molecular complexity index is 537. The summed E-state index contributed by atoms with van der Waals surface area (Å²) >= 11 is 1.49. The predicted octanol–water partition coefficient (Wildman–Crippen LogP) is 3.02. The van der Waals surface area contributed by atoms with Crippen molar-refractivity contribution in [1.29, 1.82) is 0 Å². The smallest absolute Gasteiger partial charge is 0.256 e. The molecule has 0 spiro atoms. The number of benzene rings is 1. The molecular weight excluding hydrogens is 250 g/mol. The highest BCUT2D eigenvalue weighted by atomic mass is 32.1. The largest absolute Gasteiger partial charge is 0.493 e. The van der Waals surface area contributed by atoms with E-state index in [0.29, 0.717) is 22.7 Å². The lowest BCUT2D eigenvalue weighted by atomic mass is 10.2. The first-order valence-electron chi connectivity index (χ1n) is 5.30. The van der Waals surface area contributed by atoms with Crippen molar-refractivity contribution in [3.63, 3.8) is 0 Å². The summed E-state index contributed by atoms with van der Waals surface area (Å²) in [5.41, 5.74) is 1.32. The van der Waals surface area contributed by atoms with Gasteiger partial charge in [0.05, 0.1) is 19.8 Å². The Kier molecular flexibility index (Phi) is 3.84. The molecule has 0 aliphatic heterocycles. The van der Waals surface area contributed by atoms with Crippen molar-refractivity contribution in [1.82, 2.24) is 0 Å². The van der Waals surface area contributed by atoms with Crippen LogP contribution in [0.2, 0.25) is 0 Å². The number of rotatable bonds is 4. The summed E-state index contributed by atoms with van der Waals surface area (Å²) in [5, 5.41) is 6.47. The fourth-order valence-electron chi connectivity index (χ4n) is 1.51. The van der Waals surface area contributed by atoms with E-state index in [-0.39, 0.29) is 5.91 Å². The average Bonchev–Trinajstić information content (AvgIpc) is 2.92. The van der Waals surface area contributed by atoms with Crippen molar-refractivity contribution in [2.75, 3.05) is 19.5 Å². The van der Waals surface area contributed by atoms with Gasteiger partial charge in [0.15, 0.2) is 11.5 Å². The number of carbonyl (C=O) groups excluding carboxylic acids is 1. The van der Waals surface area contributed by atoms with Crippen molar-refractivity contribution in [3.05, 3.63) is 40.6 Å². The van der Waals surface area contributed by atoms with Gasteiger partial charge in [-0.15, -0.1) is 0 Å². The van der Waals surface area contributed by atoms with Gasteiger partial charge in [0.2, 0.25) is 0 Å². The number of ether oxygens (including phenoxy) is 2. The molecule has 0 saturated heterocycles. The van der Waals surface area contributed by atoms with E-state index >= 15 is 0 Å². The lowest BCUT2D eigenvalue weighted by Crippen LogP contribution is -2.10. The van der Waals surface area contributed by atoms with E-state index in [4.69, 9.17) is 9.47 Å². The van der Waals surface area contributed by atoms with Gasteiger partial charge in [-0.3, -0.25) is 4.79 Å². The summed E-state index contributed by atoms with van der Waals surface area (Å²) in [6.45, 7) is 0. The SMILES string of the molecule is COc1ccc(NC(=O)c2ccsc2)cc1OC. The molecule has 4 nitrogen and oxygen atoms in total. The summed E-state index contributed by atoms with van der Waals surface area (Å²) in [5.74, 6) is 1.08. The van der Waals surface area contributed by atoms with Crippen molar-refractivity contribution in [3.8, 4) is 11.5 Å². The Labute approximate surface area is 109 Å². The highest BCUT2D eigenvalue weighted by Crippen LogP contribution is 2.29. The Hall–Kier alpha value is -2.01. The number of hydrogen-bond acceptors (Lipinski definition) is 4. The Morgan fingerprint density at radius 1 is 1.17 bits per heavy atom. The minimum absolute atomic E-state index is 0.136. The van der Waals surface area contributed by atoms with E-state index in [0.717, 1.165) is 0 Å². The first-order valence-corrected chi connectivity index (χ1v) is 6.24. The number of methoxy groups -OCH3 is 2. The topological polar surface area (TPSA) is 47.6 Å². The maximum Gasteiger partial charge on any atom is 0.256 e. The van der Waals surface area contributed by atoms with Crippen molar-refractivity contribution < 1.29 is 14.3 Å². The van der Waals surface area contributed by atoms with Gasteiger partial charge in [-0.1, -0.05) is 0 Å². The van der Waals surface area contributed by atoms with Crippen LogP contribution in [0.5, 0.6) is 11.5 Å². The molecule has 1 aromatic heterocycles. The molecule has 2 aromatic rings. The zero-order valence-electron chi connectivity index (χ0n) is 10.1. The molecule has 0 aliphatic rings. The molecule has 1 heterocycles. The van der Waals surface area contributed by atoms with Gasteiger partial charge in [-0.25, -0.2) is 0 Å². The maximum absolute atomic E-state index is 11.9. The maximum atomic E-state index is 11.9. The predicted molar refractivity (Wildman–Crippen MR) is 71.8 cm³/mol. The molecule has 94 valence electrons. The molecule has 5 heteroatoms. The van der Waals surface area contributed by atoms with E-state index in [1.54, 1.807) is 43.9 Å². The van der Waals surface area contributed by atoms with Gasteiger partial charge in [-0.2, -0.15) is 11.3 Å². The molecule has 0 aliphatic carbocycles. The standard InChI is InChI=1S/C13H13NO3S/c1-16-11-4-3-10(7-12(11)17-2)14-13(15)9-5-6-18-8-9/h3-8H,1-2H3,(H,14,15). The monoisotopic (exact) mass is 263 g/mol. The molecule has 0 unspecified atom stereocenters. The molecule has 0 fully saturated rings. The fraction of sp³-hybridized carbons (Fsp3) is 0.154. The third kappa shape index (κ3) is 2.62. The van der Waals surface area contributed by atoms with Gasteiger partial charge < -0.3 is 14.8 Å². The second kappa shape index (κ2) is 5.55. The summed E-state index contributed by atoms with van der Waals surface area (Å²) in [4.78, 5) is 11.9. The van der Waals surface area contributed by atoms with Gasteiger partial charge in [-0.05, 0) is 23.6 Å². The van der Waals surface area contributed by atoms with Crippen LogP contribution in [0.1, 0.15) is 10.4 Å².